The van der Waals surface area contributed by atoms with Crippen LogP contribution in [0.15, 0.2) is 29.2 Å². The topological polar surface area (TPSA) is 87.2 Å². The predicted molar refractivity (Wildman–Crippen MR) is 112 cm³/mol. The van der Waals surface area contributed by atoms with Crippen LogP contribution in [0.2, 0.25) is 0 Å². The highest BCUT2D eigenvalue weighted by Gasteiger charge is 2.16. The van der Waals surface area contributed by atoms with Gasteiger partial charge in [0.25, 0.3) is 0 Å². The summed E-state index contributed by atoms with van der Waals surface area (Å²) in [6, 6.07) is 7.33. The zero-order valence-corrected chi connectivity index (χ0v) is 17.6. The van der Waals surface area contributed by atoms with Crippen LogP contribution in [0, 0.1) is 20.8 Å². The maximum absolute atomic E-state index is 12.5. The number of aromatic nitrogens is 2. The standard InChI is InChI=1S/C20H29N5O2S/c1-15-7-8-18(16(2)13-15)28(26,27)22-10-9-21-20-23-17(3)14-19(24-20)25-11-5-4-6-12-25/h7-8,13-14,22H,4-6,9-12H2,1-3H3,(H,21,23,24). The lowest BCUT2D eigenvalue weighted by atomic mass is 10.1. The van der Waals surface area contributed by atoms with Gasteiger partial charge in [0.1, 0.15) is 5.82 Å². The molecule has 1 aromatic heterocycles. The van der Waals surface area contributed by atoms with E-state index in [2.05, 4.69) is 24.9 Å². The molecular weight excluding hydrogens is 374 g/mol. The maximum Gasteiger partial charge on any atom is 0.240 e. The average molecular weight is 404 g/mol. The molecule has 0 spiro atoms. The lowest BCUT2D eigenvalue weighted by Crippen LogP contribution is -2.31. The van der Waals surface area contributed by atoms with Crippen molar-refractivity contribution in [2.75, 3.05) is 36.4 Å². The molecule has 1 saturated heterocycles. The number of benzene rings is 1. The van der Waals surface area contributed by atoms with Gasteiger partial charge in [-0.15, -0.1) is 0 Å². The lowest BCUT2D eigenvalue weighted by molar-refractivity contribution is 0.573. The molecule has 2 heterocycles. The molecule has 1 aliphatic rings. The Labute approximate surface area is 167 Å². The van der Waals surface area contributed by atoms with Crippen molar-refractivity contribution in [1.29, 1.82) is 0 Å². The van der Waals surface area contributed by atoms with Crippen LogP contribution in [-0.4, -0.2) is 44.6 Å². The zero-order valence-electron chi connectivity index (χ0n) is 16.8. The van der Waals surface area contributed by atoms with Crippen LogP contribution >= 0.6 is 0 Å². The second-order valence-electron chi connectivity index (χ2n) is 7.33. The average Bonchev–Trinajstić information content (AvgIpc) is 2.65. The van der Waals surface area contributed by atoms with Gasteiger partial charge in [-0.1, -0.05) is 17.7 Å². The van der Waals surface area contributed by atoms with Crippen molar-refractivity contribution in [3.63, 3.8) is 0 Å². The van der Waals surface area contributed by atoms with E-state index in [1.54, 1.807) is 6.07 Å². The molecule has 1 aliphatic heterocycles. The van der Waals surface area contributed by atoms with E-state index in [9.17, 15) is 8.42 Å². The molecule has 0 unspecified atom stereocenters. The molecule has 152 valence electrons. The van der Waals surface area contributed by atoms with Crippen molar-refractivity contribution in [1.82, 2.24) is 14.7 Å². The van der Waals surface area contributed by atoms with Gasteiger partial charge in [-0.2, -0.15) is 4.98 Å². The molecule has 0 aliphatic carbocycles. The first-order valence-corrected chi connectivity index (χ1v) is 11.2. The Morgan fingerprint density at radius 3 is 2.46 bits per heavy atom. The fraction of sp³-hybridized carbons (Fsp3) is 0.500. The predicted octanol–water partition coefficient (Wildman–Crippen LogP) is 2.78. The summed E-state index contributed by atoms with van der Waals surface area (Å²) >= 11 is 0. The second-order valence-corrected chi connectivity index (χ2v) is 9.07. The molecule has 8 heteroatoms. The van der Waals surface area contributed by atoms with Crippen LogP contribution in [0.5, 0.6) is 0 Å². The maximum atomic E-state index is 12.5. The van der Waals surface area contributed by atoms with E-state index in [0.29, 0.717) is 17.4 Å². The number of hydrogen-bond acceptors (Lipinski definition) is 6. The van der Waals surface area contributed by atoms with E-state index < -0.39 is 10.0 Å². The number of sulfonamides is 1. The summed E-state index contributed by atoms with van der Waals surface area (Å²) in [6.07, 6.45) is 3.64. The summed E-state index contributed by atoms with van der Waals surface area (Å²) in [6.45, 7) is 8.41. The van der Waals surface area contributed by atoms with E-state index in [-0.39, 0.29) is 6.54 Å². The highest BCUT2D eigenvalue weighted by Crippen LogP contribution is 2.20. The highest BCUT2D eigenvalue weighted by molar-refractivity contribution is 7.89. The number of nitrogens with one attached hydrogen (secondary N) is 2. The Bertz CT molecular complexity index is 924. The highest BCUT2D eigenvalue weighted by atomic mass is 32.2. The third-order valence-corrected chi connectivity index (χ3v) is 6.46. The normalized spacial score (nSPS) is 14.9. The van der Waals surface area contributed by atoms with Gasteiger partial charge in [-0.05, 0) is 51.7 Å². The van der Waals surface area contributed by atoms with Crippen molar-refractivity contribution >= 4 is 21.8 Å². The van der Waals surface area contributed by atoms with Gasteiger partial charge in [-0.25, -0.2) is 18.1 Å². The summed E-state index contributed by atoms with van der Waals surface area (Å²) in [7, 11) is -3.53. The lowest BCUT2D eigenvalue weighted by Gasteiger charge is -2.28. The number of anilines is 2. The van der Waals surface area contributed by atoms with Gasteiger partial charge in [0, 0.05) is 37.9 Å². The van der Waals surface area contributed by atoms with Crippen LogP contribution < -0.4 is 14.9 Å². The summed E-state index contributed by atoms with van der Waals surface area (Å²) < 4.78 is 27.7. The third kappa shape index (κ3) is 5.20. The first kappa shape index (κ1) is 20.5. The molecule has 2 aromatic rings. The number of piperidine rings is 1. The molecular formula is C20H29N5O2S. The fourth-order valence-electron chi connectivity index (χ4n) is 3.45. The smallest absolute Gasteiger partial charge is 0.240 e. The van der Waals surface area contributed by atoms with Crippen molar-refractivity contribution in [2.24, 2.45) is 0 Å². The van der Waals surface area contributed by atoms with Crippen molar-refractivity contribution in [3.8, 4) is 0 Å². The minimum Gasteiger partial charge on any atom is -0.356 e. The molecule has 2 N–H and O–H groups in total. The molecule has 1 fully saturated rings. The first-order valence-electron chi connectivity index (χ1n) is 9.76. The molecule has 0 saturated carbocycles. The second kappa shape index (κ2) is 8.87. The SMILES string of the molecule is Cc1ccc(S(=O)(=O)NCCNc2nc(C)cc(N3CCCCC3)n2)c(C)c1. The number of hydrogen-bond donors (Lipinski definition) is 2. The van der Waals surface area contributed by atoms with Crippen LogP contribution in [0.3, 0.4) is 0 Å². The molecule has 0 amide bonds. The zero-order chi connectivity index (χ0) is 20.1. The van der Waals surface area contributed by atoms with Gasteiger partial charge in [0.05, 0.1) is 4.90 Å². The van der Waals surface area contributed by atoms with Gasteiger partial charge in [0.15, 0.2) is 0 Å². The van der Waals surface area contributed by atoms with Crippen LogP contribution in [0.4, 0.5) is 11.8 Å². The molecule has 28 heavy (non-hydrogen) atoms. The van der Waals surface area contributed by atoms with Crippen LogP contribution in [-0.2, 0) is 10.0 Å². The quantitative estimate of drug-likeness (QED) is 0.691. The van der Waals surface area contributed by atoms with Gasteiger partial charge >= 0.3 is 0 Å². The minimum absolute atomic E-state index is 0.256. The Morgan fingerprint density at radius 1 is 1.00 bits per heavy atom. The van der Waals surface area contributed by atoms with E-state index in [1.165, 1.54) is 19.3 Å². The first-order chi connectivity index (χ1) is 13.3. The van der Waals surface area contributed by atoms with Crippen molar-refractivity contribution in [3.05, 3.63) is 41.1 Å². The summed E-state index contributed by atoms with van der Waals surface area (Å²) in [5, 5.41) is 3.14. The van der Waals surface area contributed by atoms with Gasteiger partial charge in [0.2, 0.25) is 16.0 Å². The number of nitrogens with zero attached hydrogens (tertiary/aromatic N) is 3. The minimum atomic E-state index is -3.53. The van der Waals surface area contributed by atoms with Crippen LogP contribution in [0.25, 0.3) is 0 Å². The Hall–Kier alpha value is -2.19. The largest absolute Gasteiger partial charge is 0.356 e. The van der Waals surface area contributed by atoms with E-state index in [1.807, 2.05) is 39.0 Å². The monoisotopic (exact) mass is 403 g/mol. The van der Waals surface area contributed by atoms with E-state index >= 15 is 0 Å². The Morgan fingerprint density at radius 2 is 1.75 bits per heavy atom. The molecule has 3 rings (SSSR count). The van der Waals surface area contributed by atoms with E-state index in [4.69, 9.17) is 0 Å². The molecule has 0 bridgehead atoms. The van der Waals surface area contributed by atoms with Crippen LogP contribution in [0.1, 0.15) is 36.1 Å². The summed E-state index contributed by atoms with van der Waals surface area (Å²) in [5.74, 6) is 1.47. The van der Waals surface area contributed by atoms with Crippen molar-refractivity contribution in [2.45, 2.75) is 44.9 Å². The summed E-state index contributed by atoms with van der Waals surface area (Å²) in [5.41, 5.74) is 2.68. The Balaban J connectivity index is 1.58. The Kier molecular flexibility index (Phi) is 6.51. The van der Waals surface area contributed by atoms with Gasteiger partial charge < -0.3 is 10.2 Å². The van der Waals surface area contributed by atoms with Gasteiger partial charge in [-0.3, -0.25) is 0 Å². The number of rotatable bonds is 7. The molecule has 1 aromatic carbocycles. The third-order valence-electron chi connectivity index (χ3n) is 4.84. The molecule has 0 radical (unpaired) electrons. The van der Waals surface area contributed by atoms with E-state index in [0.717, 1.165) is 35.7 Å². The van der Waals surface area contributed by atoms with Crippen molar-refractivity contribution < 1.29 is 8.42 Å². The molecule has 7 nitrogen and oxygen atoms in total. The number of aryl methyl sites for hydroxylation is 3. The fourth-order valence-corrected chi connectivity index (χ4v) is 4.71. The molecule has 0 atom stereocenters. The summed E-state index contributed by atoms with van der Waals surface area (Å²) in [4.78, 5) is 11.6.